The number of urea groups is 1. The van der Waals surface area contributed by atoms with Gasteiger partial charge in [-0.25, -0.2) is 4.79 Å². The van der Waals surface area contributed by atoms with E-state index in [4.69, 9.17) is 5.73 Å². The van der Waals surface area contributed by atoms with E-state index in [0.29, 0.717) is 0 Å². The van der Waals surface area contributed by atoms with Crippen LogP contribution in [0.5, 0.6) is 0 Å². The molecule has 22 heavy (non-hydrogen) atoms. The summed E-state index contributed by atoms with van der Waals surface area (Å²) in [5.74, 6) is 0. The molecule has 3 nitrogen and oxygen atoms in total. The van der Waals surface area contributed by atoms with E-state index >= 15 is 0 Å². The molecule has 2 amide bonds. The molecule has 0 aliphatic heterocycles. The molecule has 0 aromatic heterocycles. The molecule has 0 aliphatic rings. The topological polar surface area (TPSA) is 55.1 Å². The summed E-state index contributed by atoms with van der Waals surface area (Å²) in [7, 11) is 0. The number of carbonyl (C=O) groups is 1. The molecule has 4 aromatic rings. The highest BCUT2D eigenvalue weighted by atomic mass is 16.2. The molecule has 0 unspecified atom stereocenters. The minimum absolute atomic E-state index is 0.551. The predicted molar refractivity (Wildman–Crippen MR) is 92.2 cm³/mol. The summed E-state index contributed by atoms with van der Waals surface area (Å²) in [6.45, 7) is 0. The number of primary amides is 1. The molecule has 0 atom stereocenters. The van der Waals surface area contributed by atoms with E-state index in [2.05, 4.69) is 41.7 Å². The summed E-state index contributed by atoms with van der Waals surface area (Å²) in [6.07, 6.45) is 0. The second-order valence-electron chi connectivity index (χ2n) is 5.38. The molecule has 106 valence electrons. The number of amides is 2. The molecule has 0 aliphatic carbocycles. The van der Waals surface area contributed by atoms with Crippen LogP contribution in [0, 0.1) is 0 Å². The van der Waals surface area contributed by atoms with Crippen LogP contribution in [0.15, 0.2) is 66.7 Å². The molecule has 0 heterocycles. The SMILES string of the molecule is NC(=O)Nc1cccc2ccc3cc4ccccc4cc3c12. The third kappa shape index (κ3) is 1.95. The first kappa shape index (κ1) is 12.7. The number of anilines is 1. The van der Waals surface area contributed by atoms with E-state index in [-0.39, 0.29) is 0 Å². The van der Waals surface area contributed by atoms with Crippen LogP contribution in [0.4, 0.5) is 10.5 Å². The van der Waals surface area contributed by atoms with E-state index in [0.717, 1.165) is 27.2 Å². The van der Waals surface area contributed by atoms with Gasteiger partial charge in [-0.05, 0) is 45.1 Å². The molecule has 4 aromatic carbocycles. The molecule has 0 fully saturated rings. The zero-order valence-corrected chi connectivity index (χ0v) is 11.8. The second-order valence-corrected chi connectivity index (χ2v) is 5.38. The summed E-state index contributed by atoms with van der Waals surface area (Å²) in [6, 6.07) is 22.1. The Bertz CT molecular complexity index is 1040. The third-order valence-electron chi connectivity index (χ3n) is 3.98. The first-order valence-corrected chi connectivity index (χ1v) is 7.13. The smallest absolute Gasteiger partial charge is 0.316 e. The van der Waals surface area contributed by atoms with Crippen molar-refractivity contribution in [2.24, 2.45) is 5.73 Å². The molecule has 0 saturated carbocycles. The Morgan fingerprint density at radius 2 is 1.45 bits per heavy atom. The van der Waals surface area contributed by atoms with Crippen molar-refractivity contribution in [1.82, 2.24) is 0 Å². The minimum Gasteiger partial charge on any atom is -0.351 e. The highest BCUT2D eigenvalue weighted by molar-refractivity contribution is 6.18. The lowest BCUT2D eigenvalue weighted by Gasteiger charge is -2.11. The average molecular weight is 286 g/mol. The number of fused-ring (bicyclic) bond motifs is 4. The average Bonchev–Trinajstić information content (AvgIpc) is 2.52. The largest absolute Gasteiger partial charge is 0.351 e. The van der Waals surface area contributed by atoms with Crippen molar-refractivity contribution in [2.45, 2.75) is 0 Å². The zero-order chi connectivity index (χ0) is 15.1. The van der Waals surface area contributed by atoms with Crippen molar-refractivity contribution in [3.63, 3.8) is 0 Å². The Labute approximate surface area is 127 Å². The number of nitrogens with two attached hydrogens (primary N) is 1. The Balaban J connectivity index is 2.16. The standard InChI is InChI=1S/C19H14N2O/c20-19(22)21-17-7-3-6-12-8-9-15-10-13-4-1-2-5-14(13)11-16(15)18(12)17/h1-11H,(H3,20,21,22). The van der Waals surface area contributed by atoms with E-state index in [1.54, 1.807) is 0 Å². The van der Waals surface area contributed by atoms with Gasteiger partial charge in [-0.15, -0.1) is 0 Å². The van der Waals surface area contributed by atoms with Gasteiger partial charge in [-0.1, -0.05) is 48.5 Å². The Hall–Kier alpha value is -3.07. The fourth-order valence-electron chi connectivity index (χ4n) is 3.04. The van der Waals surface area contributed by atoms with Gasteiger partial charge in [0.05, 0.1) is 5.69 Å². The van der Waals surface area contributed by atoms with Gasteiger partial charge in [0.25, 0.3) is 0 Å². The van der Waals surface area contributed by atoms with E-state index in [9.17, 15) is 4.79 Å². The molecule has 4 rings (SSSR count). The number of hydrogen-bond acceptors (Lipinski definition) is 1. The summed E-state index contributed by atoms with van der Waals surface area (Å²) in [4.78, 5) is 11.3. The van der Waals surface area contributed by atoms with Crippen LogP contribution in [-0.2, 0) is 0 Å². The number of carbonyl (C=O) groups excluding carboxylic acids is 1. The number of hydrogen-bond donors (Lipinski definition) is 2. The fourth-order valence-corrected chi connectivity index (χ4v) is 3.04. The maximum absolute atomic E-state index is 11.3. The monoisotopic (exact) mass is 286 g/mol. The lowest BCUT2D eigenvalue weighted by Crippen LogP contribution is -2.19. The predicted octanol–water partition coefficient (Wildman–Crippen LogP) is 4.64. The van der Waals surface area contributed by atoms with Crippen molar-refractivity contribution < 1.29 is 4.79 Å². The molecule has 0 radical (unpaired) electrons. The second kappa shape index (κ2) is 4.74. The molecule has 3 N–H and O–H groups in total. The summed E-state index contributed by atoms with van der Waals surface area (Å²) >= 11 is 0. The Kier molecular flexibility index (Phi) is 2.73. The van der Waals surface area contributed by atoms with Crippen LogP contribution < -0.4 is 11.1 Å². The number of nitrogens with one attached hydrogen (secondary N) is 1. The van der Waals surface area contributed by atoms with Gasteiger partial charge in [0.2, 0.25) is 0 Å². The fraction of sp³-hybridized carbons (Fsp3) is 0. The van der Waals surface area contributed by atoms with Crippen LogP contribution in [0.2, 0.25) is 0 Å². The molecular formula is C19H14N2O. The molecule has 0 bridgehead atoms. The maximum Gasteiger partial charge on any atom is 0.316 e. The molecule has 0 saturated heterocycles. The van der Waals surface area contributed by atoms with E-state index in [1.807, 2.05) is 30.3 Å². The summed E-state index contributed by atoms with van der Waals surface area (Å²) < 4.78 is 0. The number of benzene rings is 4. The van der Waals surface area contributed by atoms with Crippen LogP contribution >= 0.6 is 0 Å². The van der Waals surface area contributed by atoms with Gasteiger partial charge in [-0.3, -0.25) is 0 Å². The van der Waals surface area contributed by atoms with Crippen molar-refractivity contribution >= 4 is 44.0 Å². The lowest BCUT2D eigenvalue weighted by molar-refractivity contribution is 0.259. The van der Waals surface area contributed by atoms with Gasteiger partial charge in [0, 0.05) is 5.39 Å². The molecular weight excluding hydrogens is 272 g/mol. The first-order chi connectivity index (χ1) is 10.7. The zero-order valence-electron chi connectivity index (χ0n) is 11.8. The molecule has 3 heteroatoms. The molecule has 0 spiro atoms. The van der Waals surface area contributed by atoms with Crippen LogP contribution in [-0.4, -0.2) is 6.03 Å². The normalized spacial score (nSPS) is 11.1. The van der Waals surface area contributed by atoms with Crippen molar-refractivity contribution in [3.8, 4) is 0 Å². The highest BCUT2D eigenvalue weighted by Crippen LogP contribution is 2.33. The van der Waals surface area contributed by atoms with Crippen molar-refractivity contribution in [2.75, 3.05) is 5.32 Å². The first-order valence-electron chi connectivity index (χ1n) is 7.13. The maximum atomic E-state index is 11.3. The van der Waals surface area contributed by atoms with Gasteiger partial charge in [0.1, 0.15) is 0 Å². The van der Waals surface area contributed by atoms with Crippen molar-refractivity contribution in [1.29, 1.82) is 0 Å². The summed E-state index contributed by atoms with van der Waals surface area (Å²) in [5.41, 5.74) is 6.04. The third-order valence-corrected chi connectivity index (χ3v) is 3.98. The lowest BCUT2D eigenvalue weighted by atomic mass is 9.97. The Morgan fingerprint density at radius 3 is 2.23 bits per heavy atom. The van der Waals surface area contributed by atoms with Gasteiger partial charge in [-0.2, -0.15) is 0 Å². The van der Waals surface area contributed by atoms with Gasteiger partial charge < -0.3 is 11.1 Å². The van der Waals surface area contributed by atoms with Crippen molar-refractivity contribution in [3.05, 3.63) is 66.7 Å². The van der Waals surface area contributed by atoms with Crippen LogP contribution in [0.25, 0.3) is 32.3 Å². The summed E-state index contributed by atoms with van der Waals surface area (Å²) in [5, 5.41) is 9.46. The van der Waals surface area contributed by atoms with Crippen LogP contribution in [0.1, 0.15) is 0 Å². The highest BCUT2D eigenvalue weighted by Gasteiger charge is 2.08. The number of rotatable bonds is 1. The minimum atomic E-state index is -0.551. The quantitative estimate of drug-likeness (QED) is 0.389. The Morgan fingerprint density at radius 1 is 0.773 bits per heavy atom. The van der Waals surface area contributed by atoms with E-state index in [1.165, 1.54) is 10.8 Å². The van der Waals surface area contributed by atoms with E-state index < -0.39 is 6.03 Å². The van der Waals surface area contributed by atoms with Gasteiger partial charge in [0.15, 0.2) is 0 Å². The van der Waals surface area contributed by atoms with Crippen LogP contribution in [0.3, 0.4) is 0 Å². The van der Waals surface area contributed by atoms with Gasteiger partial charge >= 0.3 is 6.03 Å².